The van der Waals surface area contributed by atoms with Crippen LogP contribution >= 0.6 is 23.2 Å². The van der Waals surface area contributed by atoms with Gasteiger partial charge in [0, 0.05) is 15.6 Å². The van der Waals surface area contributed by atoms with Gasteiger partial charge in [-0.2, -0.15) is 0 Å². The Morgan fingerprint density at radius 3 is 2.52 bits per heavy atom. The van der Waals surface area contributed by atoms with Crippen molar-refractivity contribution >= 4 is 29.1 Å². The van der Waals surface area contributed by atoms with E-state index in [1.54, 1.807) is 49.4 Å². The molecule has 0 unspecified atom stereocenters. The molecule has 6 nitrogen and oxygen atoms in total. The summed E-state index contributed by atoms with van der Waals surface area (Å²) in [6.45, 7) is 3.52. The Morgan fingerprint density at radius 1 is 1.15 bits per heavy atom. The lowest BCUT2D eigenvalue weighted by Gasteiger charge is -2.20. The molecule has 0 saturated heterocycles. The van der Waals surface area contributed by atoms with E-state index in [9.17, 15) is 4.79 Å². The Labute approximate surface area is 166 Å². The Bertz CT molecular complexity index is 914. The molecule has 0 bridgehead atoms. The minimum atomic E-state index is -0.687. The lowest BCUT2D eigenvalue weighted by molar-refractivity contribution is -0.127. The van der Waals surface area contributed by atoms with Crippen LogP contribution in [-0.4, -0.2) is 22.2 Å². The number of carbonyl (C=O) groups is 1. The van der Waals surface area contributed by atoms with E-state index in [-0.39, 0.29) is 11.9 Å². The van der Waals surface area contributed by atoms with Gasteiger partial charge in [0.05, 0.1) is 6.04 Å². The number of carbonyl (C=O) groups excluding carboxylic acids is 1. The number of ether oxygens (including phenoxy) is 1. The molecule has 2 atom stereocenters. The fourth-order valence-corrected chi connectivity index (χ4v) is 3.07. The summed E-state index contributed by atoms with van der Waals surface area (Å²) in [5, 5.41) is 11.4. The summed E-state index contributed by atoms with van der Waals surface area (Å²) in [7, 11) is 0. The Kier molecular flexibility index (Phi) is 5.98. The molecule has 3 rings (SSSR count). The molecule has 3 aromatic rings. The van der Waals surface area contributed by atoms with Crippen molar-refractivity contribution in [3.63, 3.8) is 0 Å². The summed E-state index contributed by atoms with van der Waals surface area (Å²) < 4.78 is 10.8. The average molecular weight is 406 g/mol. The van der Waals surface area contributed by atoms with E-state index in [4.69, 9.17) is 32.4 Å². The average Bonchev–Trinajstić information content (AvgIpc) is 3.16. The number of aromatic nitrogens is 2. The van der Waals surface area contributed by atoms with Gasteiger partial charge in [-0.25, -0.2) is 0 Å². The monoisotopic (exact) mass is 405 g/mol. The van der Waals surface area contributed by atoms with Crippen molar-refractivity contribution in [2.24, 2.45) is 0 Å². The number of benzene rings is 2. The molecule has 0 aliphatic heterocycles. The molecule has 1 aromatic heterocycles. The summed E-state index contributed by atoms with van der Waals surface area (Å²) in [6.07, 6.45) is 0.577. The quantitative estimate of drug-likeness (QED) is 0.643. The third kappa shape index (κ3) is 4.78. The molecule has 27 heavy (non-hydrogen) atoms. The van der Waals surface area contributed by atoms with Crippen molar-refractivity contribution in [2.45, 2.75) is 26.0 Å². The van der Waals surface area contributed by atoms with Crippen LogP contribution in [0.1, 0.15) is 25.5 Å². The highest BCUT2D eigenvalue weighted by Gasteiger charge is 2.19. The van der Waals surface area contributed by atoms with Crippen LogP contribution in [0.4, 0.5) is 0 Å². The molecule has 0 spiro atoms. The van der Waals surface area contributed by atoms with Crippen LogP contribution < -0.4 is 10.1 Å². The van der Waals surface area contributed by atoms with Gasteiger partial charge < -0.3 is 14.5 Å². The molecule has 1 heterocycles. The smallest absolute Gasteiger partial charge is 0.261 e. The number of amides is 1. The van der Waals surface area contributed by atoms with E-state index in [2.05, 4.69) is 15.5 Å². The van der Waals surface area contributed by atoms with Crippen molar-refractivity contribution in [1.29, 1.82) is 0 Å². The lowest BCUT2D eigenvalue weighted by Crippen LogP contribution is -2.37. The van der Waals surface area contributed by atoms with Crippen LogP contribution in [0.3, 0.4) is 0 Å². The fourth-order valence-electron chi connectivity index (χ4n) is 2.49. The summed E-state index contributed by atoms with van der Waals surface area (Å²) >= 11 is 12.1. The van der Waals surface area contributed by atoms with Crippen LogP contribution in [-0.2, 0) is 4.79 Å². The molecular formula is C19H17Cl2N3O3. The van der Waals surface area contributed by atoms with Crippen molar-refractivity contribution in [2.75, 3.05) is 0 Å². The molecule has 140 valence electrons. The number of rotatable bonds is 6. The topological polar surface area (TPSA) is 77.2 Å². The van der Waals surface area contributed by atoms with Crippen molar-refractivity contribution in [3.8, 4) is 17.2 Å². The maximum atomic E-state index is 12.4. The highest BCUT2D eigenvalue weighted by molar-refractivity contribution is 6.35. The number of halogens is 2. The minimum Gasteiger partial charge on any atom is -0.481 e. The second-order valence-electron chi connectivity index (χ2n) is 5.92. The second-order valence-corrected chi connectivity index (χ2v) is 6.77. The van der Waals surface area contributed by atoms with Crippen molar-refractivity contribution in [3.05, 3.63) is 64.5 Å². The number of nitrogens with one attached hydrogen (secondary N) is 1. The fraction of sp³-hybridized carbons (Fsp3) is 0.211. The van der Waals surface area contributed by atoms with Gasteiger partial charge in [-0.15, -0.1) is 10.2 Å². The molecule has 8 heteroatoms. The van der Waals surface area contributed by atoms with Gasteiger partial charge in [-0.1, -0.05) is 29.3 Å². The number of nitrogens with zero attached hydrogens (tertiary/aromatic N) is 2. The summed E-state index contributed by atoms with van der Waals surface area (Å²) in [5.41, 5.74) is 1.55. The predicted molar refractivity (Wildman–Crippen MR) is 103 cm³/mol. The van der Waals surface area contributed by atoms with Gasteiger partial charge >= 0.3 is 0 Å². The lowest BCUT2D eigenvalue weighted by atomic mass is 10.1. The molecule has 1 amide bonds. The molecule has 0 radical (unpaired) electrons. The predicted octanol–water partition coefficient (Wildman–Crippen LogP) is 4.69. The normalized spacial score (nSPS) is 13.0. The first-order valence-electron chi connectivity index (χ1n) is 8.22. The summed E-state index contributed by atoms with van der Waals surface area (Å²) in [5.74, 6) is 0.716. The molecule has 1 N–H and O–H groups in total. The molecular weight excluding hydrogens is 389 g/mol. The Balaban J connectivity index is 1.60. The molecule has 2 aromatic carbocycles. The van der Waals surface area contributed by atoms with Gasteiger partial charge in [-0.3, -0.25) is 4.79 Å². The first-order valence-corrected chi connectivity index (χ1v) is 8.98. The van der Waals surface area contributed by atoms with Gasteiger partial charge in [-0.05, 0) is 55.8 Å². The van der Waals surface area contributed by atoms with E-state index >= 15 is 0 Å². The SMILES string of the molecule is C[C@H](Oc1ccc(-c2nnco2)cc1)C(=O)N[C@H](C)c1ccc(Cl)cc1Cl. The third-order valence-electron chi connectivity index (χ3n) is 3.93. The van der Waals surface area contributed by atoms with Gasteiger partial charge in [0.15, 0.2) is 6.10 Å². The van der Waals surface area contributed by atoms with Crippen LogP contribution in [0, 0.1) is 0 Å². The van der Waals surface area contributed by atoms with Crippen molar-refractivity contribution < 1.29 is 13.9 Å². The van der Waals surface area contributed by atoms with E-state index < -0.39 is 6.10 Å². The van der Waals surface area contributed by atoms with Crippen LogP contribution in [0.15, 0.2) is 53.3 Å². The first-order chi connectivity index (χ1) is 12.9. The van der Waals surface area contributed by atoms with E-state index in [1.807, 2.05) is 6.92 Å². The standard InChI is InChI=1S/C19H17Cl2N3O3/c1-11(16-8-5-14(20)9-17(16)21)23-18(25)12(2)27-15-6-3-13(4-7-15)19-24-22-10-26-19/h3-12H,1-2H3,(H,23,25)/t11-,12+/m1/s1. The summed E-state index contributed by atoms with van der Waals surface area (Å²) in [4.78, 5) is 12.4. The van der Waals surface area contributed by atoms with Crippen LogP contribution in [0.5, 0.6) is 5.75 Å². The zero-order valence-corrected chi connectivity index (χ0v) is 16.2. The zero-order chi connectivity index (χ0) is 19.4. The van der Waals surface area contributed by atoms with Gasteiger partial charge in [0.1, 0.15) is 5.75 Å². The van der Waals surface area contributed by atoms with Gasteiger partial charge in [0.25, 0.3) is 5.91 Å². The minimum absolute atomic E-state index is 0.255. The Hall–Kier alpha value is -2.57. The maximum absolute atomic E-state index is 12.4. The van der Waals surface area contributed by atoms with Gasteiger partial charge in [0.2, 0.25) is 12.3 Å². The van der Waals surface area contributed by atoms with E-state index in [0.29, 0.717) is 21.7 Å². The summed E-state index contributed by atoms with van der Waals surface area (Å²) in [6, 6.07) is 11.9. The van der Waals surface area contributed by atoms with Crippen LogP contribution in [0.25, 0.3) is 11.5 Å². The first kappa shape index (κ1) is 19.2. The molecule has 0 aliphatic rings. The van der Waals surface area contributed by atoms with E-state index in [1.165, 1.54) is 6.39 Å². The second kappa shape index (κ2) is 8.41. The van der Waals surface area contributed by atoms with Crippen molar-refractivity contribution in [1.82, 2.24) is 15.5 Å². The number of hydrogen-bond acceptors (Lipinski definition) is 5. The molecule has 0 saturated carbocycles. The highest BCUT2D eigenvalue weighted by atomic mass is 35.5. The van der Waals surface area contributed by atoms with E-state index in [0.717, 1.165) is 11.1 Å². The maximum Gasteiger partial charge on any atom is 0.261 e. The molecule has 0 aliphatic carbocycles. The highest BCUT2D eigenvalue weighted by Crippen LogP contribution is 2.26. The number of hydrogen-bond donors (Lipinski definition) is 1. The largest absolute Gasteiger partial charge is 0.481 e. The molecule has 0 fully saturated rings. The zero-order valence-electron chi connectivity index (χ0n) is 14.6. The van der Waals surface area contributed by atoms with Crippen LogP contribution in [0.2, 0.25) is 10.0 Å². The third-order valence-corrected chi connectivity index (χ3v) is 4.49. The Morgan fingerprint density at radius 2 is 1.89 bits per heavy atom.